The minimum Gasteiger partial charge on any atom is -0.462 e. The van der Waals surface area contributed by atoms with E-state index in [0.29, 0.717) is 19.3 Å². The molecule has 0 bridgehead atoms. The summed E-state index contributed by atoms with van der Waals surface area (Å²) in [5.41, 5.74) is 0. The van der Waals surface area contributed by atoms with Crippen LogP contribution in [0.3, 0.4) is 0 Å². The highest BCUT2D eigenvalue weighted by Crippen LogP contribution is 2.15. The molecule has 0 aliphatic rings. The van der Waals surface area contributed by atoms with Crippen LogP contribution < -0.4 is 0 Å². The minimum atomic E-state index is -0.779. The average Bonchev–Trinajstić information content (AvgIpc) is 3.26. The molecule has 0 rings (SSSR count). The lowest BCUT2D eigenvalue weighted by Crippen LogP contribution is -2.30. The van der Waals surface area contributed by atoms with Gasteiger partial charge in [0.2, 0.25) is 0 Å². The molecule has 0 N–H and O–H groups in total. The molecular formula is C55H94O6. The molecule has 0 amide bonds. The number of hydrogen-bond acceptors (Lipinski definition) is 6. The Hall–Kier alpha value is -3.15. The topological polar surface area (TPSA) is 78.9 Å². The summed E-state index contributed by atoms with van der Waals surface area (Å²) in [6, 6.07) is 0. The van der Waals surface area contributed by atoms with Crippen molar-refractivity contribution in [1.82, 2.24) is 0 Å². The van der Waals surface area contributed by atoms with Crippen LogP contribution in [-0.4, -0.2) is 37.2 Å². The summed E-state index contributed by atoms with van der Waals surface area (Å²) in [6.45, 7) is 6.42. The van der Waals surface area contributed by atoms with Gasteiger partial charge in [0.05, 0.1) is 0 Å². The molecule has 0 aromatic heterocycles. The normalized spacial score (nSPS) is 12.6. The summed E-state index contributed by atoms with van der Waals surface area (Å²) in [5.74, 6) is -0.920. The van der Waals surface area contributed by atoms with Crippen molar-refractivity contribution < 1.29 is 28.6 Å². The lowest BCUT2D eigenvalue weighted by atomic mass is 10.0. The predicted molar refractivity (Wildman–Crippen MR) is 261 cm³/mol. The Morgan fingerprint density at radius 2 is 0.639 bits per heavy atom. The van der Waals surface area contributed by atoms with Gasteiger partial charge in [-0.25, -0.2) is 0 Å². The lowest BCUT2D eigenvalue weighted by molar-refractivity contribution is -0.167. The Morgan fingerprint density at radius 1 is 0.344 bits per heavy atom. The molecule has 1 unspecified atom stereocenters. The maximum absolute atomic E-state index is 12.7. The highest BCUT2D eigenvalue weighted by molar-refractivity contribution is 5.71. The number of ether oxygens (including phenoxy) is 3. The number of hydrogen-bond donors (Lipinski definition) is 0. The van der Waals surface area contributed by atoms with Crippen molar-refractivity contribution in [3.8, 4) is 0 Å². The number of allylic oxidation sites excluding steroid dienone is 12. The van der Waals surface area contributed by atoms with Gasteiger partial charge in [0, 0.05) is 19.3 Å². The van der Waals surface area contributed by atoms with E-state index in [9.17, 15) is 14.4 Å². The number of carbonyl (C=O) groups is 3. The average molecular weight is 851 g/mol. The smallest absolute Gasteiger partial charge is 0.306 e. The van der Waals surface area contributed by atoms with Crippen LogP contribution in [0.15, 0.2) is 72.9 Å². The van der Waals surface area contributed by atoms with Crippen molar-refractivity contribution in [2.75, 3.05) is 13.2 Å². The van der Waals surface area contributed by atoms with E-state index in [0.717, 1.165) is 116 Å². The predicted octanol–water partition coefficient (Wildman–Crippen LogP) is 16.6. The molecule has 0 aromatic rings. The van der Waals surface area contributed by atoms with Gasteiger partial charge in [0.15, 0.2) is 6.10 Å². The Balaban J connectivity index is 4.21. The molecule has 0 aliphatic heterocycles. The van der Waals surface area contributed by atoms with Crippen LogP contribution in [-0.2, 0) is 28.6 Å². The summed E-state index contributed by atoms with van der Waals surface area (Å²) in [4.78, 5) is 37.6. The van der Waals surface area contributed by atoms with Gasteiger partial charge in [-0.2, -0.15) is 0 Å². The van der Waals surface area contributed by atoms with Crippen molar-refractivity contribution >= 4 is 17.9 Å². The van der Waals surface area contributed by atoms with Crippen LogP contribution in [0.5, 0.6) is 0 Å². The summed E-state index contributed by atoms with van der Waals surface area (Å²) in [5, 5.41) is 0. The van der Waals surface area contributed by atoms with Gasteiger partial charge in [-0.3, -0.25) is 14.4 Å². The van der Waals surface area contributed by atoms with E-state index in [1.807, 2.05) is 0 Å². The molecule has 0 saturated carbocycles. The molecule has 61 heavy (non-hydrogen) atoms. The second-order valence-electron chi connectivity index (χ2n) is 16.7. The van der Waals surface area contributed by atoms with E-state index in [-0.39, 0.29) is 31.1 Å². The lowest BCUT2D eigenvalue weighted by Gasteiger charge is -2.18. The van der Waals surface area contributed by atoms with Crippen LogP contribution in [0.1, 0.15) is 239 Å². The summed E-state index contributed by atoms with van der Waals surface area (Å²) in [7, 11) is 0. The third-order valence-electron chi connectivity index (χ3n) is 10.7. The number of esters is 3. The van der Waals surface area contributed by atoms with Crippen LogP contribution >= 0.6 is 0 Å². The van der Waals surface area contributed by atoms with Crippen molar-refractivity contribution in [2.24, 2.45) is 0 Å². The maximum Gasteiger partial charge on any atom is 0.306 e. The second-order valence-corrected chi connectivity index (χ2v) is 16.7. The summed E-state index contributed by atoms with van der Waals surface area (Å²) < 4.78 is 16.6. The molecule has 0 heterocycles. The second kappa shape index (κ2) is 49.5. The highest BCUT2D eigenvalue weighted by atomic mass is 16.6. The van der Waals surface area contributed by atoms with Gasteiger partial charge in [-0.1, -0.05) is 222 Å². The van der Waals surface area contributed by atoms with Crippen molar-refractivity contribution in [2.45, 2.75) is 245 Å². The van der Waals surface area contributed by atoms with E-state index in [1.54, 1.807) is 0 Å². The fourth-order valence-corrected chi connectivity index (χ4v) is 6.92. The SMILES string of the molecule is CC/C=C\C/C=C\C/C=C\C/C=C\C/C=C\C/C=C\CCCCCCC(=O)OCC(COC(=O)CCCCCCC)OC(=O)CCCCCCCCCCCCCCCCC. The van der Waals surface area contributed by atoms with E-state index in [1.165, 1.54) is 83.5 Å². The number of unbranched alkanes of at least 4 members (excludes halogenated alkanes) is 22. The van der Waals surface area contributed by atoms with Gasteiger partial charge in [0.25, 0.3) is 0 Å². The Bertz CT molecular complexity index is 1160. The Kier molecular flexibility index (Phi) is 46.9. The van der Waals surface area contributed by atoms with Gasteiger partial charge in [0.1, 0.15) is 13.2 Å². The monoisotopic (exact) mass is 851 g/mol. The first kappa shape index (κ1) is 57.9. The van der Waals surface area contributed by atoms with E-state index in [2.05, 4.69) is 93.7 Å². The Morgan fingerprint density at radius 3 is 1.00 bits per heavy atom. The summed E-state index contributed by atoms with van der Waals surface area (Å²) >= 11 is 0. The maximum atomic E-state index is 12.7. The van der Waals surface area contributed by atoms with Gasteiger partial charge in [-0.15, -0.1) is 0 Å². The highest BCUT2D eigenvalue weighted by Gasteiger charge is 2.19. The number of carbonyl (C=O) groups excluding carboxylic acids is 3. The van der Waals surface area contributed by atoms with E-state index >= 15 is 0 Å². The molecular weight excluding hydrogens is 757 g/mol. The standard InChI is InChI=1S/C55H94O6/c1-4-7-10-13-15-17-19-21-23-24-25-26-27-28-29-30-32-33-35-37-39-42-45-48-54(57)60-51-52(50-59-53(56)47-44-41-12-9-6-3)61-55(58)49-46-43-40-38-36-34-31-22-20-18-16-14-11-8-5-2/h7,10,15,17,21,23,25-26,28-29,32-33,52H,4-6,8-9,11-14,16,18-20,22,24,27,30-31,34-51H2,1-3H3/b10-7-,17-15-,23-21-,26-25-,29-28-,33-32-. The fourth-order valence-electron chi connectivity index (χ4n) is 6.92. The zero-order valence-corrected chi connectivity index (χ0v) is 39.9. The molecule has 6 heteroatoms. The molecule has 0 aliphatic carbocycles. The van der Waals surface area contributed by atoms with Crippen molar-refractivity contribution in [3.05, 3.63) is 72.9 Å². The minimum absolute atomic E-state index is 0.0831. The Labute approximate surface area is 376 Å². The first-order valence-corrected chi connectivity index (χ1v) is 25.4. The third kappa shape index (κ3) is 47.7. The van der Waals surface area contributed by atoms with Crippen molar-refractivity contribution in [3.63, 3.8) is 0 Å². The van der Waals surface area contributed by atoms with Crippen LogP contribution in [0.2, 0.25) is 0 Å². The van der Waals surface area contributed by atoms with Gasteiger partial charge >= 0.3 is 17.9 Å². The molecule has 0 fully saturated rings. The first-order chi connectivity index (χ1) is 30.0. The third-order valence-corrected chi connectivity index (χ3v) is 10.7. The van der Waals surface area contributed by atoms with Gasteiger partial charge in [-0.05, 0) is 70.6 Å². The zero-order valence-electron chi connectivity index (χ0n) is 39.9. The molecule has 1 atom stereocenters. The molecule has 0 aromatic carbocycles. The number of rotatable bonds is 45. The quantitative estimate of drug-likeness (QED) is 0.0263. The zero-order chi connectivity index (χ0) is 44.4. The summed E-state index contributed by atoms with van der Waals surface area (Å²) in [6.07, 6.45) is 62.1. The molecule has 0 saturated heterocycles. The van der Waals surface area contributed by atoms with E-state index in [4.69, 9.17) is 14.2 Å². The largest absolute Gasteiger partial charge is 0.462 e. The molecule has 6 nitrogen and oxygen atoms in total. The molecule has 0 radical (unpaired) electrons. The molecule has 0 spiro atoms. The van der Waals surface area contributed by atoms with Crippen LogP contribution in [0.4, 0.5) is 0 Å². The van der Waals surface area contributed by atoms with Gasteiger partial charge < -0.3 is 14.2 Å². The van der Waals surface area contributed by atoms with Crippen LogP contribution in [0, 0.1) is 0 Å². The molecule has 350 valence electrons. The fraction of sp³-hybridized carbons (Fsp3) is 0.727. The van der Waals surface area contributed by atoms with Crippen molar-refractivity contribution in [1.29, 1.82) is 0 Å². The first-order valence-electron chi connectivity index (χ1n) is 25.4. The van der Waals surface area contributed by atoms with E-state index < -0.39 is 6.10 Å². The van der Waals surface area contributed by atoms with Crippen LogP contribution in [0.25, 0.3) is 0 Å².